The molecule has 0 spiro atoms. The smallest absolute Gasteiger partial charge is 0.237 e. The molecule has 1 atom stereocenters. The Morgan fingerprint density at radius 3 is 2.57 bits per heavy atom. The molecule has 124 valence electrons. The second kappa shape index (κ2) is 5.26. The zero-order valence-electron chi connectivity index (χ0n) is 12.9. The number of thiophene rings is 1. The van der Waals surface area contributed by atoms with Crippen LogP contribution in [0.25, 0.3) is 10.2 Å². The summed E-state index contributed by atoms with van der Waals surface area (Å²) in [4.78, 5) is 0.791. The van der Waals surface area contributed by atoms with Gasteiger partial charge in [-0.3, -0.25) is 0 Å². The van der Waals surface area contributed by atoms with Crippen molar-refractivity contribution in [3.05, 3.63) is 16.8 Å². The minimum atomic E-state index is -2.61. The molecule has 0 aliphatic heterocycles. The number of nitrogens with one attached hydrogen (secondary N) is 1. The number of fused-ring (bicyclic) bond motifs is 1. The van der Waals surface area contributed by atoms with Gasteiger partial charge in [-0.2, -0.15) is 5.10 Å². The van der Waals surface area contributed by atoms with Crippen LogP contribution in [0, 0.1) is 13.8 Å². The lowest BCUT2D eigenvalue weighted by atomic mass is 9.89. The summed E-state index contributed by atoms with van der Waals surface area (Å²) in [5, 5.41) is 9.45. The topological polar surface area (TPSA) is 54.9 Å². The van der Waals surface area contributed by atoms with Crippen molar-refractivity contribution < 1.29 is 13.0 Å². The molecule has 2 fully saturated rings. The van der Waals surface area contributed by atoms with Crippen LogP contribution in [-0.2, 0) is 11.0 Å². The Balaban J connectivity index is 1.71. The van der Waals surface area contributed by atoms with E-state index < -0.39 is 16.9 Å². The first-order valence-electron chi connectivity index (χ1n) is 7.68. The molecule has 2 aromatic heterocycles. The summed E-state index contributed by atoms with van der Waals surface area (Å²) in [6.45, 7) is 3.93. The first kappa shape index (κ1) is 15.5. The van der Waals surface area contributed by atoms with Crippen molar-refractivity contribution in [3.63, 3.8) is 0 Å². The molecule has 2 aromatic rings. The molecule has 4 nitrogen and oxygen atoms in total. The van der Waals surface area contributed by atoms with Gasteiger partial charge in [-0.15, -0.1) is 16.4 Å². The van der Waals surface area contributed by atoms with Gasteiger partial charge in [0.25, 0.3) is 5.92 Å². The van der Waals surface area contributed by atoms with E-state index in [0.717, 1.165) is 44.1 Å². The molecule has 2 saturated carbocycles. The molecular weight excluding hydrogens is 340 g/mol. The number of hydrogen-bond donors (Lipinski definition) is 1. The highest BCUT2D eigenvalue weighted by Crippen LogP contribution is 2.49. The van der Waals surface area contributed by atoms with E-state index in [1.54, 1.807) is 0 Å². The van der Waals surface area contributed by atoms with E-state index in [0.29, 0.717) is 5.92 Å². The van der Waals surface area contributed by atoms with Crippen molar-refractivity contribution in [2.24, 2.45) is 0 Å². The van der Waals surface area contributed by atoms with Gasteiger partial charge in [0.15, 0.2) is 0 Å². The number of aryl methyl sites for hydroxylation is 2. The number of aromatic nitrogens is 2. The van der Waals surface area contributed by atoms with Crippen molar-refractivity contribution in [1.29, 1.82) is 0 Å². The largest absolute Gasteiger partial charge is 0.251 e. The quantitative estimate of drug-likeness (QED) is 0.910. The van der Waals surface area contributed by atoms with Crippen LogP contribution in [0.3, 0.4) is 0 Å². The molecule has 1 unspecified atom stereocenters. The zero-order chi connectivity index (χ0) is 16.4. The summed E-state index contributed by atoms with van der Waals surface area (Å²) < 4.78 is 42.2. The van der Waals surface area contributed by atoms with Crippen LogP contribution in [0.15, 0.2) is 4.21 Å². The standard InChI is InChI=1S/C15H17F2N3OS2/c1-7-8(2)18-19-13-11(7)12(9-3-4-9)14(22-13)23(21)20-10-5-15(16,17)6-10/h9-10,20H,3-6H2,1-2H3. The third-order valence-electron chi connectivity index (χ3n) is 4.62. The van der Waals surface area contributed by atoms with Gasteiger partial charge in [0.2, 0.25) is 0 Å². The lowest BCUT2D eigenvalue weighted by Crippen LogP contribution is -2.48. The van der Waals surface area contributed by atoms with E-state index in [1.165, 1.54) is 11.3 Å². The number of nitrogens with zero attached hydrogens (tertiary/aromatic N) is 2. The Morgan fingerprint density at radius 2 is 1.96 bits per heavy atom. The monoisotopic (exact) mass is 357 g/mol. The third kappa shape index (κ3) is 2.70. The molecular formula is C15H17F2N3OS2. The van der Waals surface area contributed by atoms with Gasteiger partial charge in [-0.25, -0.2) is 17.7 Å². The van der Waals surface area contributed by atoms with Crippen LogP contribution in [-0.4, -0.2) is 26.4 Å². The van der Waals surface area contributed by atoms with Crippen LogP contribution in [0.5, 0.6) is 0 Å². The Bertz CT molecular complexity index is 809. The molecule has 2 aliphatic carbocycles. The minimum Gasteiger partial charge on any atom is -0.237 e. The molecule has 4 rings (SSSR count). The molecule has 0 radical (unpaired) electrons. The zero-order valence-corrected chi connectivity index (χ0v) is 14.5. The van der Waals surface area contributed by atoms with Crippen LogP contribution in [0.2, 0.25) is 0 Å². The van der Waals surface area contributed by atoms with Crippen LogP contribution >= 0.6 is 11.3 Å². The van der Waals surface area contributed by atoms with Gasteiger partial charge in [0, 0.05) is 24.3 Å². The van der Waals surface area contributed by atoms with Gasteiger partial charge in [0.1, 0.15) is 20.0 Å². The summed E-state index contributed by atoms with van der Waals surface area (Å²) >= 11 is 1.38. The molecule has 2 heterocycles. The lowest BCUT2D eigenvalue weighted by molar-refractivity contribution is -0.0874. The Morgan fingerprint density at radius 1 is 1.26 bits per heavy atom. The van der Waals surface area contributed by atoms with Gasteiger partial charge >= 0.3 is 0 Å². The molecule has 0 saturated heterocycles. The van der Waals surface area contributed by atoms with Crippen molar-refractivity contribution in [1.82, 2.24) is 14.9 Å². The van der Waals surface area contributed by atoms with Gasteiger partial charge in [0.05, 0.1) is 5.69 Å². The predicted molar refractivity (Wildman–Crippen MR) is 86.4 cm³/mol. The third-order valence-corrected chi connectivity index (χ3v) is 7.31. The molecule has 8 heteroatoms. The number of hydrogen-bond acceptors (Lipinski definition) is 4. The maximum atomic E-state index is 13.0. The maximum Gasteiger partial charge on any atom is 0.251 e. The second-order valence-corrected chi connectivity index (χ2v) is 8.95. The summed E-state index contributed by atoms with van der Waals surface area (Å²) in [6, 6.07) is -0.378. The van der Waals surface area contributed by atoms with E-state index in [1.807, 2.05) is 13.8 Å². The average molecular weight is 357 g/mol. The van der Waals surface area contributed by atoms with Gasteiger partial charge < -0.3 is 0 Å². The summed E-state index contributed by atoms with van der Waals surface area (Å²) in [7, 11) is -1.47. The molecule has 2 aliphatic rings. The fourth-order valence-electron chi connectivity index (χ4n) is 3.05. The number of rotatable bonds is 4. The van der Waals surface area contributed by atoms with Gasteiger partial charge in [-0.05, 0) is 43.7 Å². The highest BCUT2D eigenvalue weighted by atomic mass is 32.2. The highest BCUT2D eigenvalue weighted by molar-refractivity contribution is 7.85. The first-order valence-corrected chi connectivity index (χ1v) is 9.64. The average Bonchev–Trinajstić information content (AvgIpc) is 3.21. The van der Waals surface area contributed by atoms with Crippen molar-refractivity contribution >= 4 is 32.5 Å². The SMILES string of the molecule is Cc1nnc2sc(S(=O)NC3CC(F)(F)C3)c(C3CC3)c2c1C. The molecule has 1 N–H and O–H groups in total. The predicted octanol–water partition coefficient (Wildman–Crippen LogP) is 3.60. The van der Waals surface area contributed by atoms with Crippen molar-refractivity contribution in [3.8, 4) is 0 Å². The van der Waals surface area contributed by atoms with E-state index in [9.17, 15) is 13.0 Å². The normalized spacial score (nSPS) is 22.3. The van der Waals surface area contributed by atoms with Crippen LogP contribution in [0.4, 0.5) is 8.78 Å². The Hall–Kier alpha value is -0.990. The van der Waals surface area contributed by atoms with Gasteiger partial charge in [-0.1, -0.05) is 0 Å². The minimum absolute atomic E-state index is 0.236. The van der Waals surface area contributed by atoms with E-state index in [2.05, 4.69) is 14.9 Å². The fourth-order valence-corrected chi connectivity index (χ4v) is 5.78. The summed E-state index contributed by atoms with van der Waals surface area (Å²) in [6.07, 6.45) is 1.69. The first-order chi connectivity index (χ1) is 10.9. The summed E-state index contributed by atoms with van der Waals surface area (Å²) in [5.74, 6) is -2.20. The number of alkyl halides is 2. The lowest BCUT2D eigenvalue weighted by Gasteiger charge is -2.34. The molecule has 0 amide bonds. The fraction of sp³-hybridized carbons (Fsp3) is 0.600. The van der Waals surface area contributed by atoms with Crippen LogP contribution < -0.4 is 4.72 Å². The molecule has 23 heavy (non-hydrogen) atoms. The maximum absolute atomic E-state index is 13.0. The van der Waals surface area contributed by atoms with Crippen molar-refractivity contribution in [2.75, 3.05) is 0 Å². The van der Waals surface area contributed by atoms with E-state index in [4.69, 9.17) is 0 Å². The number of halogens is 2. The highest BCUT2D eigenvalue weighted by Gasteiger charge is 2.46. The Kier molecular flexibility index (Phi) is 3.55. The van der Waals surface area contributed by atoms with Crippen LogP contribution in [0.1, 0.15) is 48.4 Å². The molecule has 0 aromatic carbocycles. The molecule has 0 bridgehead atoms. The Labute approximate surface area is 139 Å². The van der Waals surface area contributed by atoms with Crippen molar-refractivity contribution in [2.45, 2.75) is 61.6 Å². The summed E-state index contributed by atoms with van der Waals surface area (Å²) in [5.41, 5.74) is 3.05. The van der Waals surface area contributed by atoms with E-state index >= 15 is 0 Å². The second-order valence-electron chi connectivity index (χ2n) is 6.52. The van der Waals surface area contributed by atoms with E-state index in [-0.39, 0.29) is 18.9 Å².